The number of hydrogen-bond acceptors (Lipinski definition) is 4. The molecule has 3 nitrogen and oxygen atoms in total. The number of hydrogen-bond donors (Lipinski definition) is 0. The molecule has 0 amide bonds. The van der Waals surface area contributed by atoms with Gasteiger partial charge in [0.25, 0.3) is 0 Å². The summed E-state index contributed by atoms with van der Waals surface area (Å²) in [5.74, 6) is 0.675. The van der Waals surface area contributed by atoms with E-state index < -0.39 is 0 Å². The van der Waals surface area contributed by atoms with Crippen LogP contribution in [0.3, 0.4) is 0 Å². The monoisotopic (exact) mass is 289 g/mol. The Balaban J connectivity index is 2.12. The maximum Gasteiger partial charge on any atom is 0.205 e. The predicted octanol–water partition coefficient (Wildman–Crippen LogP) is 2.93. The van der Waals surface area contributed by atoms with Gasteiger partial charge in [-0.05, 0) is 25.2 Å². The van der Waals surface area contributed by atoms with Crippen LogP contribution in [-0.4, -0.2) is 27.3 Å². The van der Waals surface area contributed by atoms with Crippen molar-refractivity contribution >= 4 is 32.6 Å². The van der Waals surface area contributed by atoms with E-state index in [-0.39, 0.29) is 0 Å². The van der Waals surface area contributed by atoms with Gasteiger partial charge < -0.3 is 4.90 Å². The summed E-state index contributed by atoms with van der Waals surface area (Å²) in [5, 5.41) is 2.15. The van der Waals surface area contributed by atoms with Gasteiger partial charge in [0.1, 0.15) is 6.33 Å². The first-order valence-corrected chi connectivity index (χ1v) is 7.31. The summed E-state index contributed by atoms with van der Waals surface area (Å²) in [7, 11) is 0. The third kappa shape index (κ3) is 2.50. The van der Waals surface area contributed by atoms with Gasteiger partial charge in [-0.3, -0.25) is 0 Å². The van der Waals surface area contributed by atoms with Gasteiger partial charge in [0.2, 0.25) is 5.13 Å². The fraction of sp³-hybridized carbons (Fsp3) is 0.800. The Morgan fingerprint density at radius 3 is 3.20 bits per heavy atom. The van der Waals surface area contributed by atoms with Gasteiger partial charge >= 0.3 is 0 Å². The smallest absolute Gasteiger partial charge is 0.205 e. The van der Waals surface area contributed by atoms with Crippen molar-refractivity contribution in [3.8, 4) is 0 Å². The second-order valence-electron chi connectivity index (χ2n) is 4.11. The molecule has 1 aliphatic rings. The molecule has 1 aliphatic heterocycles. The van der Waals surface area contributed by atoms with E-state index in [2.05, 4.69) is 37.1 Å². The van der Waals surface area contributed by atoms with Crippen molar-refractivity contribution in [1.29, 1.82) is 0 Å². The van der Waals surface area contributed by atoms with Crippen LogP contribution in [0, 0.1) is 5.92 Å². The fourth-order valence-electron chi connectivity index (χ4n) is 2.18. The molecular formula is C10H16BrN3S. The van der Waals surface area contributed by atoms with Gasteiger partial charge in [-0.2, -0.15) is 4.37 Å². The molecule has 15 heavy (non-hydrogen) atoms. The van der Waals surface area contributed by atoms with E-state index in [1.807, 2.05) is 0 Å². The standard InChI is InChI=1S/C10H16BrN3S/c1-8(6-11)9-4-2-3-5-14(9)10-12-7-13-15-10/h7-9H,2-6H2,1H3. The minimum atomic E-state index is 0.631. The highest BCUT2D eigenvalue weighted by molar-refractivity contribution is 9.09. The first-order valence-electron chi connectivity index (χ1n) is 5.42. The van der Waals surface area contributed by atoms with Crippen LogP contribution in [0.25, 0.3) is 0 Å². The molecule has 2 unspecified atom stereocenters. The van der Waals surface area contributed by atoms with Gasteiger partial charge in [0.05, 0.1) is 0 Å². The minimum absolute atomic E-state index is 0.631. The van der Waals surface area contributed by atoms with E-state index in [0.29, 0.717) is 12.0 Å². The quantitative estimate of drug-likeness (QED) is 0.801. The van der Waals surface area contributed by atoms with Crippen LogP contribution in [0.4, 0.5) is 5.13 Å². The van der Waals surface area contributed by atoms with Gasteiger partial charge in [-0.1, -0.05) is 22.9 Å². The molecule has 84 valence electrons. The van der Waals surface area contributed by atoms with E-state index in [9.17, 15) is 0 Å². The second-order valence-corrected chi connectivity index (χ2v) is 5.52. The number of piperidine rings is 1. The Labute approximate surface area is 103 Å². The molecule has 0 aromatic carbocycles. The van der Waals surface area contributed by atoms with E-state index in [4.69, 9.17) is 0 Å². The highest BCUT2D eigenvalue weighted by Crippen LogP contribution is 2.29. The van der Waals surface area contributed by atoms with Crippen LogP contribution in [0.2, 0.25) is 0 Å². The summed E-state index contributed by atoms with van der Waals surface area (Å²) in [6.07, 6.45) is 5.57. The number of aromatic nitrogens is 2. The Kier molecular flexibility index (Phi) is 3.97. The summed E-state index contributed by atoms with van der Waals surface area (Å²) in [4.78, 5) is 6.76. The average molecular weight is 290 g/mol. The minimum Gasteiger partial charge on any atom is -0.344 e. The molecule has 0 radical (unpaired) electrons. The molecular weight excluding hydrogens is 274 g/mol. The summed E-state index contributed by atoms with van der Waals surface area (Å²) in [6, 6.07) is 0.631. The number of nitrogens with zero attached hydrogens (tertiary/aromatic N) is 3. The van der Waals surface area contributed by atoms with Gasteiger partial charge in [-0.25, -0.2) is 4.98 Å². The lowest BCUT2D eigenvalue weighted by atomic mass is 9.93. The number of alkyl halides is 1. The van der Waals surface area contributed by atoms with Gasteiger partial charge in [0, 0.05) is 29.4 Å². The zero-order chi connectivity index (χ0) is 10.7. The molecule has 2 heterocycles. The molecule has 0 spiro atoms. The van der Waals surface area contributed by atoms with Crippen LogP contribution in [0.15, 0.2) is 6.33 Å². The third-order valence-electron chi connectivity index (χ3n) is 3.04. The van der Waals surface area contributed by atoms with Crippen molar-refractivity contribution in [2.24, 2.45) is 5.92 Å². The Morgan fingerprint density at radius 1 is 1.67 bits per heavy atom. The van der Waals surface area contributed by atoms with Gasteiger partial charge in [0.15, 0.2) is 0 Å². The zero-order valence-electron chi connectivity index (χ0n) is 8.90. The van der Waals surface area contributed by atoms with Crippen molar-refractivity contribution in [3.63, 3.8) is 0 Å². The van der Waals surface area contributed by atoms with Crippen molar-refractivity contribution in [1.82, 2.24) is 9.36 Å². The van der Waals surface area contributed by atoms with Crippen molar-refractivity contribution < 1.29 is 0 Å². The maximum absolute atomic E-state index is 4.32. The third-order valence-corrected chi connectivity index (χ3v) is 4.77. The Hall–Kier alpha value is -0.160. The first kappa shape index (κ1) is 11.3. The largest absolute Gasteiger partial charge is 0.344 e. The molecule has 2 atom stereocenters. The van der Waals surface area contributed by atoms with Crippen molar-refractivity contribution in [2.75, 3.05) is 16.8 Å². The van der Waals surface area contributed by atoms with Crippen LogP contribution >= 0.6 is 27.5 Å². The van der Waals surface area contributed by atoms with Crippen molar-refractivity contribution in [3.05, 3.63) is 6.33 Å². The lowest BCUT2D eigenvalue weighted by Crippen LogP contribution is -2.44. The molecule has 0 saturated carbocycles. The molecule has 2 rings (SSSR count). The topological polar surface area (TPSA) is 29.0 Å². The highest BCUT2D eigenvalue weighted by Gasteiger charge is 2.28. The summed E-state index contributed by atoms with van der Waals surface area (Å²) in [5.41, 5.74) is 0. The first-order chi connectivity index (χ1) is 7.33. The summed E-state index contributed by atoms with van der Waals surface area (Å²) < 4.78 is 4.09. The summed E-state index contributed by atoms with van der Waals surface area (Å²) >= 11 is 5.09. The molecule has 1 aromatic rings. The van der Waals surface area contributed by atoms with E-state index in [1.54, 1.807) is 6.33 Å². The zero-order valence-corrected chi connectivity index (χ0v) is 11.3. The molecule has 0 aliphatic carbocycles. The molecule has 5 heteroatoms. The van der Waals surface area contributed by atoms with Crippen LogP contribution in [0.5, 0.6) is 0 Å². The number of rotatable bonds is 3. The van der Waals surface area contributed by atoms with E-state index in [0.717, 1.165) is 17.0 Å². The lowest BCUT2D eigenvalue weighted by molar-refractivity contribution is 0.380. The van der Waals surface area contributed by atoms with Crippen LogP contribution < -0.4 is 4.90 Å². The van der Waals surface area contributed by atoms with Crippen LogP contribution in [-0.2, 0) is 0 Å². The summed E-state index contributed by atoms with van der Waals surface area (Å²) in [6.45, 7) is 3.44. The molecule has 0 N–H and O–H groups in total. The fourth-order valence-corrected chi connectivity index (χ4v) is 3.23. The lowest BCUT2D eigenvalue weighted by Gasteiger charge is -2.38. The number of halogens is 1. The van der Waals surface area contributed by atoms with E-state index in [1.165, 1.54) is 30.8 Å². The van der Waals surface area contributed by atoms with Crippen LogP contribution in [0.1, 0.15) is 26.2 Å². The normalized spacial score (nSPS) is 24.1. The second kappa shape index (κ2) is 5.25. The Morgan fingerprint density at radius 2 is 2.53 bits per heavy atom. The predicted molar refractivity (Wildman–Crippen MR) is 67.9 cm³/mol. The average Bonchev–Trinajstić information content (AvgIpc) is 2.81. The highest BCUT2D eigenvalue weighted by atomic mass is 79.9. The molecule has 1 fully saturated rings. The van der Waals surface area contributed by atoms with Gasteiger partial charge in [-0.15, -0.1) is 0 Å². The molecule has 0 bridgehead atoms. The maximum atomic E-state index is 4.32. The van der Waals surface area contributed by atoms with E-state index >= 15 is 0 Å². The number of anilines is 1. The molecule has 1 saturated heterocycles. The Bertz CT molecular complexity index is 291. The molecule has 1 aromatic heterocycles. The van der Waals surface area contributed by atoms with Crippen molar-refractivity contribution in [2.45, 2.75) is 32.2 Å². The SMILES string of the molecule is CC(CBr)C1CCCCN1c1ncns1.